The van der Waals surface area contributed by atoms with Crippen LogP contribution in [0.3, 0.4) is 0 Å². The minimum Gasteiger partial charge on any atom is -0.302 e. The van der Waals surface area contributed by atoms with Gasteiger partial charge in [0.2, 0.25) is 0 Å². The summed E-state index contributed by atoms with van der Waals surface area (Å²) in [6, 6.07) is 2.91. The first kappa shape index (κ1) is 7.65. The van der Waals surface area contributed by atoms with Gasteiger partial charge in [0.05, 0.1) is 4.90 Å². The van der Waals surface area contributed by atoms with E-state index < -0.39 is 11.1 Å². The first-order valence-corrected chi connectivity index (χ1v) is 3.91. The Kier molecular flexibility index (Phi) is 2.37. The lowest BCUT2D eigenvalue weighted by Crippen LogP contribution is -1.88. The Morgan fingerprint density at radius 3 is 2.70 bits per heavy atom. The fourth-order valence-electron chi connectivity index (χ4n) is 0.466. The summed E-state index contributed by atoms with van der Waals surface area (Å²) in [4.78, 5) is 3.87. The molecule has 3 nitrogen and oxygen atoms in total. The molecule has 54 valence electrons. The second-order valence-electron chi connectivity index (χ2n) is 1.57. The van der Waals surface area contributed by atoms with Crippen LogP contribution in [0.1, 0.15) is 0 Å². The van der Waals surface area contributed by atoms with Crippen LogP contribution in [-0.2, 0) is 11.1 Å². The molecule has 0 saturated heterocycles. The van der Waals surface area contributed by atoms with Gasteiger partial charge in [-0.1, -0.05) is 11.6 Å². The maximum absolute atomic E-state index is 10.3. The summed E-state index contributed by atoms with van der Waals surface area (Å²) in [5.41, 5.74) is 0. The number of halogens is 1. The zero-order valence-corrected chi connectivity index (χ0v) is 6.39. The highest BCUT2D eigenvalue weighted by molar-refractivity contribution is 7.79. The third-order valence-electron chi connectivity index (χ3n) is 0.902. The Hall–Kier alpha value is -0.450. The van der Waals surface area contributed by atoms with Crippen LogP contribution < -0.4 is 0 Å². The van der Waals surface area contributed by atoms with Crippen LogP contribution in [0.2, 0.25) is 5.15 Å². The van der Waals surface area contributed by atoms with Gasteiger partial charge < -0.3 is 4.55 Å². The fraction of sp³-hybridized carbons (Fsp3) is 0. The SMILES string of the molecule is O=S(O)c1ccc(Cl)nc1. The molecule has 0 saturated carbocycles. The van der Waals surface area contributed by atoms with E-state index in [0.717, 1.165) is 0 Å². The Morgan fingerprint density at radius 1 is 1.60 bits per heavy atom. The first-order valence-electron chi connectivity index (χ1n) is 2.42. The van der Waals surface area contributed by atoms with Crippen molar-refractivity contribution in [3.05, 3.63) is 23.5 Å². The average molecular weight is 178 g/mol. The molecule has 1 aromatic rings. The second kappa shape index (κ2) is 3.09. The van der Waals surface area contributed by atoms with Crippen LogP contribution in [0.5, 0.6) is 0 Å². The molecule has 0 aliphatic carbocycles. The Labute approximate surface area is 65.3 Å². The summed E-state index contributed by atoms with van der Waals surface area (Å²) >= 11 is 3.47. The first-order chi connectivity index (χ1) is 4.70. The summed E-state index contributed by atoms with van der Waals surface area (Å²) in [6.07, 6.45) is 1.26. The minimum atomic E-state index is -1.96. The van der Waals surface area contributed by atoms with Crippen LogP contribution in [0.4, 0.5) is 0 Å². The zero-order chi connectivity index (χ0) is 7.56. The van der Waals surface area contributed by atoms with Crippen LogP contribution in [0.25, 0.3) is 0 Å². The topological polar surface area (TPSA) is 50.2 Å². The fourth-order valence-corrected chi connectivity index (χ4v) is 0.905. The molecule has 0 fully saturated rings. The molecule has 1 rings (SSSR count). The highest BCUT2D eigenvalue weighted by Crippen LogP contribution is 2.06. The molecule has 1 unspecified atom stereocenters. The molecular formula is C5H4ClNO2S. The summed E-state index contributed by atoms with van der Waals surface area (Å²) in [5, 5.41) is 0.314. The quantitative estimate of drug-likeness (QED) is 0.520. The molecule has 10 heavy (non-hydrogen) atoms. The van der Waals surface area contributed by atoms with Gasteiger partial charge in [-0.3, -0.25) is 0 Å². The average Bonchev–Trinajstić information content (AvgIpc) is 1.88. The highest BCUT2D eigenvalue weighted by atomic mass is 35.5. The molecule has 0 bridgehead atoms. The number of hydrogen-bond acceptors (Lipinski definition) is 2. The lowest BCUT2D eigenvalue weighted by molar-refractivity contribution is 0.564. The molecule has 1 N–H and O–H groups in total. The monoisotopic (exact) mass is 177 g/mol. The molecule has 0 aliphatic heterocycles. The largest absolute Gasteiger partial charge is 0.302 e. The van der Waals surface area contributed by atoms with Crippen molar-refractivity contribution in [2.24, 2.45) is 0 Å². The number of rotatable bonds is 1. The van der Waals surface area contributed by atoms with E-state index in [4.69, 9.17) is 16.2 Å². The molecule has 0 radical (unpaired) electrons. The standard InChI is InChI=1S/C5H4ClNO2S/c6-5-2-1-4(3-7-5)10(8)9/h1-3H,(H,8,9). The lowest BCUT2D eigenvalue weighted by atomic mass is 10.5. The van der Waals surface area contributed by atoms with E-state index in [1.165, 1.54) is 18.3 Å². The summed E-state index contributed by atoms with van der Waals surface area (Å²) in [5.74, 6) is 0. The van der Waals surface area contributed by atoms with Crippen LogP contribution >= 0.6 is 11.6 Å². The molecule has 0 aromatic carbocycles. The van der Waals surface area contributed by atoms with Crippen molar-refractivity contribution >= 4 is 22.7 Å². The summed E-state index contributed by atoms with van der Waals surface area (Å²) < 4.78 is 18.8. The van der Waals surface area contributed by atoms with Gasteiger partial charge in [0.25, 0.3) is 0 Å². The van der Waals surface area contributed by atoms with E-state index >= 15 is 0 Å². The molecule has 0 aliphatic rings. The Balaban J connectivity index is 3.00. The summed E-state index contributed by atoms with van der Waals surface area (Å²) in [7, 11) is 0. The van der Waals surface area contributed by atoms with Crippen molar-refractivity contribution in [1.29, 1.82) is 0 Å². The van der Waals surface area contributed by atoms with E-state index in [0.29, 0.717) is 5.15 Å². The second-order valence-corrected chi connectivity index (χ2v) is 2.92. The van der Waals surface area contributed by atoms with Gasteiger partial charge in [0, 0.05) is 6.20 Å². The molecule has 0 spiro atoms. The van der Waals surface area contributed by atoms with Crippen molar-refractivity contribution < 1.29 is 8.76 Å². The van der Waals surface area contributed by atoms with Crippen molar-refractivity contribution in [3.8, 4) is 0 Å². The predicted molar refractivity (Wildman–Crippen MR) is 38.3 cm³/mol. The van der Waals surface area contributed by atoms with E-state index in [1.807, 2.05) is 0 Å². The maximum atomic E-state index is 10.3. The summed E-state index contributed by atoms with van der Waals surface area (Å²) in [6.45, 7) is 0. The number of nitrogens with zero attached hydrogens (tertiary/aromatic N) is 1. The van der Waals surface area contributed by atoms with Crippen molar-refractivity contribution in [2.45, 2.75) is 4.90 Å². The molecule has 1 atom stereocenters. The van der Waals surface area contributed by atoms with E-state index in [2.05, 4.69) is 4.98 Å². The van der Waals surface area contributed by atoms with Gasteiger partial charge in [-0.15, -0.1) is 0 Å². The van der Waals surface area contributed by atoms with E-state index in [1.54, 1.807) is 0 Å². The van der Waals surface area contributed by atoms with Crippen LogP contribution in [0.15, 0.2) is 23.2 Å². The number of pyridine rings is 1. The predicted octanol–water partition coefficient (Wildman–Crippen LogP) is 1.32. The highest BCUT2D eigenvalue weighted by Gasteiger charge is 1.97. The third kappa shape index (κ3) is 1.76. The van der Waals surface area contributed by atoms with Crippen LogP contribution in [0, 0.1) is 0 Å². The number of aromatic nitrogens is 1. The van der Waals surface area contributed by atoms with E-state index in [-0.39, 0.29) is 4.90 Å². The van der Waals surface area contributed by atoms with Crippen LogP contribution in [-0.4, -0.2) is 13.7 Å². The van der Waals surface area contributed by atoms with Gasteiger partial charge in [-0.05, 0) is 12.1 Å². The molecule has 5 heteroatoms. The normalized spacial score (nSPS) is 13.0. The van der Waals surface area contributed by atoms with Gasteiger partial charge in [-0.25, -0.2) is 9.19 Å². The Morgan fingerprint density at radius 2 is 2.30 bits per heavy atom. The Bertz CT molecular complexity index is 248. The maximum Gasteiger partial charge on any atom is 0.188 e. The van der Waals surface area contributed by atoms with Crippen molar-refractivity contribution in [2.75, 3.05) is 0 Å². The smallest absolute Gasteiger partial charge is 0.188 e. The van der Waals surface area contributed by atoms with Gasteiger partial charge in [-0.2, -0.15) is 0 Å². The van der Waals surface area contributed by atoms with E-state index in [9.17, 15) is 4.21 Å². The van der Waals surface area contributed by atoms with Gasteiger partial charge in [0.1, 0.15) is 5.15 Å². The van der Waals surface area contributed by atoms with Crippen molar-refractivity contribution in [3.63, 3.8) is 0 Å². The lowest BCUT2D eigenvalue weighted by Gasteiger charge is -1.91. The molecule has 0 amide bonds. The third-order valence-corrected chi connectivity index (χ3v) is 1.77. The zero-order valence-electron chi connectivity index (χ0n) is 4.82. The van der Waals surface area contributed by atoms with Gasteiger partial charge >= 0.3 is 0 Å². The number of hydrogen-bond donors (Lipinski definition) is 1. The van der Waals surface area contributed by atoms with Gasteiger partial charge in [0.15, 0.2) is 11.1 Å². The van der Waals surface area contributed by atoms with Crippen molar-refractivity contribution in [1.82, 2.24) is 4.98 Å². The molecular weight excluding hydrogens is 174 g/mol. The minimum absolute atomic E-state index is 0.254. The molecule has 1 heterocycles. The molecule has 1 aromatic heterocycles.